The molecule has 2 atom stereocenters. The molecule has 4 heterocycles. The van der Waals surface area contributed by atoms with Crippen LogP contribution in [-0.2, 0) is 13.0 Å². The van der Waals surface area contributed by atoms with Crippen molar-refractivity contribution in [2.24, 2.45) is 11.8 Å². The fraction of sp³-hybridized carbons (Fsp3) is 0.250. The van der Waals surface area contributed by atoms with Crippen molar-refractivity contribution >= 4 is 11.0 Å². The molecule has 3 aromatic heterocycles. The van der Waals surface area contributed by atoms with Crippen LogP contribution in [0.25, 0.3) is 33.4 Å². The highest BCUT2D eigenvalue weighted by Crippen LogP contribution is 2.60. The number of hydrogen-bond donors (Lipinski definition) is 1. The van der Waals surface area contributed by atoms with Gasteiger partial charge in [0.05, 0.1) is 18.7 Å². The number of rotatable bonds is 2. The third-order valence-electron chi connectivity index (χ3n) is 5.95. The van der Waals surface area contributed by atoms with E-state index in [2.05, 4.69) is 20.3 Å². The summed E-state index contributed by atoms with van der Waals surface area (Å²) in [4.78, 5) is 4.27. The van der Waals surface area contributed by atoms with Crippen molar-refractivity contribution in [2.75, 3.05) is 0 Å². The summed E-state index contributed by atoms with van der Waals surface area (Å²) < 4.78 is 43.2. The Morgan fingerprint density at radius 2 is 1.93 bits per heavy atom. The van der Waals surface area contributed by atoms with Crippen molar-refractivity contribution < 1.29 is 13.2 Å². The Morgan fingerprint density at radius 1 is 1.11 bits per heavy atom. The Balaban J connectivity index is 1.61. The lowest BCUT2D eigenvalue weighted by Crippen LogP contribution is -2.14. The molecule has 1 saturated carbocycles. The fourth-order valence-corrected chi connectivity index (χ4v) is 4.40. The van der Waals surface area contributed by atoms with E-state index in [9.17, 15) is 13.2 Å². The number of hydrogen-bond acceptors (Lipinski definition) is 3. The molecule has 8 heteroatoms. The number of nitrogens with one attached hydrogen (secondary N) is 1. The van der Waals surface area contributed by atoms with E-state index >= 15 is 0 Å². The van der Waals surface area contributed by atoms with Gasteiger partial charge in [-0.05, 0) is 42.3 Å². The summed E-state index contributed by atoms with van der Waals surface area (Å²) in [5.41, 5.74) is 4.43. The zero-order chi connectivity index (χ0) is 19.0. The van der Waals surface area contributed by atoms with E-state index in [0.717, 1.165) is 27.8 Å². The Labute approximate surface area is 157 Å². The number of H-pyrrole nitrogens is 1. The number of pyridine rings is 1. The second-order valence-corrected chi connectivity index (χ2v) is 7.44. The minimum absolute atomic E-state index is 0.195. The predicted octanol–water partition coefficient (Wildman–Crippen LogP) is 4.06. The van der Waals surface area contributed by atoms with Crippen molar-refractivity contribution in [2.45, 2.75) is 18.9 Å². The Kier molecular flexibility index (Phi) is 2.95. The van der Waals surface area contributed by atoms with Crippen LogP contribution in [-0.4, -0.2) is 30.9 Å². The number of nitrogens with zero attached hydrogens (tertiary/aromatic N) is 4. The molecule has 0 amide bonds. The molecule has 0 radical (unpaired) electrons. The largest absolute Gasteiger partial charge is 0.268 e. The third-order valence-corrected chi connectivity index (χ3v) is 5.95. The molecule has 4 aromatic rings. The maximum absolute atomic E-state index is 14.0. The van der Waals surface area contributed by atoms with Gasteiger partial charge in [-0.1, -0.05) is 0 Å². The molecule has 28 heavy (non-hydrogen) atoms. The number of aromatic amines is 1. The first-order chi connectivity index (χ1) is 13.5. The number of alkyl halides is 2. The highest BCUT2D eigenvalue weighted by Gasteiger charge is 2.69. The average Bonchev–Trinajstić information content (AvgIpc) is 3.08. The molecule has 6 rings (SSSR count). The van der Waals surface area contributed by atoms with Gasteiger partial charge >= 0.3 is 0 Å². The van der Waals surface area contributed by atoms with Gasteiger partial charge in [-0.2, -0.15) is 10.2 Å². The van der Waals surface area contributed by atoms with Crippen LogP contribution in [0.2, 0.25) is 0 Å². The van der Waals surface area contributed by atoms with Crippen LogP contribution in [0.15, 0.2) is 42.7 Å². The summed E-state index contributed by atoms with van der Waals surface area (Å²) in [7, 11) is 0. The van der Waals surface area contributed by atoms with E-state index in [1.807, 2.05) is 6.07 Å². The second-order valence-electron chi connectivity index (χ2n) is 7.44. The maximum Gasteiger partial charge on any atom is 0.256 e. The first-order valence-electron chi connectivity index (χ1n) is 9.06. The summed E-state index contributed by atoms with van der Waals surface area (Å²) in [5.74, 6) is -4.26. The zero-order valence-corrected chi connectivity index (χ0v) is 14.5. The average molecular weight is 381 g/mol. The van der Waals surface area contributed by atoms with E-state index in [1.54, 1.807) is 29.2 Å². The van der Waals surface area contributed by atoms with Gasteiger partial charge in [0, 0.05) is 34.3 Å². The van der Waals surface area contributed by atoms with Crippen LogP contribution in [0.1, 0.15) is 5.69 Å². The van der Waals surface area contributed by atoms with Gasteiger partial charge in [0.2, 0.25) is 0 Å². The number of aromatic nitrogens is 5. The SMILES string of the molecule is Fc1ccc(-c2nn3c(c2-c2ccnc4[nH]ncc24)C[C@H]2[C@@H](C3)C2(F)F)cc1. The molecule has 1 N–H and O–H groups in total. The quantitative estimate of drug-likeness (QED) is 0.570. The van der Waals surface area contributed by atoms with Crippen LogP contribution in [0.4, 0.5) is 13.2 Å². The lowest BCUT2D eigenvalue weighted by molar-refractivity contribution is 0.0836. The Morgan fingerprint density at radius 3 is 2.75 bits per heavy atom. The van der Waals surface area contributed by atoms with Crippen LogP contribution < -0.4 is 0 Å². The van der Waals surface area contributed by atoms with E-state index in [4.69, 9.17) is 0 Å². The van der Waals surface area contributed by atoms with Gasteiger partial charge < -0.3 is 0 Å². The summed E-state index contributed by atoms with van der Waals surface area (Å²) in [6, 6.07) is 7.93. The number of benzene rings is 1. The molecule has 1 aromatic carbocycles. The first kappa shape index (κ1) is 15.9. The molecule has 0 saturated heterocycles. The van der Waals surface area contributed by atoms with Crippen molar-refractivity contribution in [3.8, 4) is 22.4 Å². The van der Waals surface area contributed by atoms with Crippen molar-refractivity contribution in [3.05, 3.63) is 54.2 Å². The molecule has 0 spiro atoms. The molecule has 140 valence electrons. The van der Waals surface area contributed by atoms with E-state index in [1.165, 1.54) is 12.1 Å². The van der Waals surface area contributed by atoms with Gasteiger partial charge in [0.15, 0.2) is 5.65 Å². The summed E-state index contributed by atoms with van der Waals surface area (Å²) in [5, 5.41) is 12.4. The van der Waals surface area contributed by atoms with E-state index < -0.39 is 17.8 Å². The first-order valence-corrected chi connectivity index (χ1v) is 9.06. The van der Waals surface area contributed by atoms with Gasteiger partial charge in [-0.15, -0.1) is 0 Å². The summed E-state index contributed by atoms with van der Waals surface area (Å²) >= 11 is 0. The normalized spacial score (nSPS) is 22.1. The maximum atomic E-state index is 14.0. The number of halogens is 3. The molecule has 1 aliphatic heterocycles. The Bertz CT molecular complexity index is 1220. The lowest BCUT2D eigenvalue weighted by atomic mass is 9.94. The third kappa shape index (κ3) is 2.05. The van der Waals surface area contributed by atoms with Gasteiger partial charge in [-0.3, -0.25) is 9.78 Å². The number of fused-ring (bicyclic) bond motifs is 3. The minimum atomic E-state index is -2.63. The highest BCUT2D eigenvalue weighted by atomic mass is 19.3. The molecule has 1 aliphatic carbocycles. The van der Waals surface area contributed by atoms with Crippen molar-refractivity contribution in [3.63, 3.8) is 0 Å². The molecular weight excluding hydrogens is 367 g/mol. The highest BCUT2D eigenvalue weighted by molar-refractivity contribution is 5.97. The van der Waals surface area contributed by atoms with Crippen LogP contribution in [0.5, 0.6) is 0 Å². The van der Waals surface area contributed by atoms with Gasteiger partial charge in [0.25, 0.3) is 5.92 Å². The van der Waals surface area contributed by atoms with Gasteiger partial charge in [0.1, 0.15) is 11.5 Å². The van der Waals surface area contributed by atoms with Crippen LogP contribution >= 0.6 is 0 Å². The lowest BCUT2D eigenvalue weighted by Gasteiger charge is -2.13. The Hall–Kier alpha value is -3.16. The van der Waals surface area contributed by atoms with E-state index in [-0.39, 0.29) is 18.8 Å². The topological polar surface area (TPSA) is 59.4 Å². The van der Waals surface area contributed by atoms with E-state index in [0.29, 0.717) is 11.3 Å². The van der Waals surface area contributed by atoms with Crippen LogP contribution in [0.3, 0.4) is 0 Å². The second kappa shape index (κ2) is 5.21. The molecule has 5 nitrogen and oxygen atoms in total. The molecule has 1 fully saturated rings. The van der Waals surface area contributed by atoms with Gasteiger partial charge in [-0.25, -0.2) is 18.2 Å². The molecular formula is C20H14F3N5. The zero-order valence-electron chi connectivity index (χ0n) is 14.5. The predicted molar refractivity (Wildman–Crippen MR) is 96.1 cm³/mol. The van der Waals surface area contributed by atoms with Crippen molar-refractivity contribution in [1.29, 1.82) is 0 Å². The molecule has 2 aliphatic rings. The fourth-order valence-electron chi connectivity index (χ4n) is 4.40. The standard InChI is InChI=1S/C20H14F3N5/c21-11-3-1-10(2-4-11)18-17(12-5-6-24-19-13(12)8-25-26-19)16-7-14-15(20(14,22)23)9-28(16)27-18/h1-6,8,14-15H,7,9H2,(H,24,25,26)/t14-,15+/m0/s1. The minimum Gasteiger partial charge on any atom is -0.268 e. The summed E-state index contributed by atoms with van der Waals surface area (Å²) in [6.07, 6.45) is 3.60. The van der Waals surface area contributed by atoms with Crippen LogP contribution in [0, 0.1) is 17.7 Å². The summed E-state index contributed by atoms with van der Waals surface area (Å²) in [6.45, 7) is 0.195. The monoisotopic (exact) mass is 381 g/mol. The van der Waals surface area contributed by atoms with Crippen molar-refractivity contribution in [1.82, 2.24) is 25.0 Å². The molecule has 0 unspecified atom stereocenters. The smallest absolute Gasteiger partial charge is 0.256 e. The molecule has 0 bridgehead atoms.